The lowest BCUT2D eigenvalue weighted by molar-refractivity contribution is -0.275. The molecular formula is C25H21F5O. The first-order chi connectivity index (χ1) is 14.7. The zero-order chi connectivity index (χ0) is 22.2. The third-order valence-corrected chi connectivity index (χ3v) is 5.60. The smallest absolute Gasteiger partial charge is 0.403 e. The molecule has 0 amide bonds. The van der Waals surface area contributed by atoms with Gasteiger partial charge in [-0.2, -0.15) is 0 Å². The minimum Gasteiger partial charge on any atom is -0.403 e. The van der Waals surface area contributed by atoms with E-state index in [4.69, 9.17) is 0 Å². The highest BCUT2D eigenvalue weighted by atomic mass is 19.4. The highest BCUT2D eigenvalue weighted by Gasteiger charge is 2.32. The van der Waals surface area contributed by atoms with E-state index in [-0.39, 0.29) is 11.1 Å². The molecule has 0 heterocycles. The molecule has 3 aromatic rings. The van der Waals surface area contributed by atoms with Crippen molar-refractivity contribution in [3.63, 3.8) is 0 Å². The Morgan fingerprint density at radius 2 is 1.55 bits per heavy atom. The summed E-state index contributed by atoms with van der Waals surface area (Å²) in [6.07, 6.45) is -0.202. The summed E-state index contributed by atoms with van der Waals surface area (Å²) in [5.41, 5.74) is 5.51. The van der Waals surface area contributed by atoms with Gasteiger partial charge in [0.05, 0.1) is 0 Å². The summed E-state index contributed by atoms with van der Waals surface area (Å²) in [5.74, 6) is -2.69. The minimum absolute atomic E-state index is 0.152. The van der Waals surface area contributed by atoms with Crippen molar-refractivity contribution in [3.8, 4) is 28.0 Å². The van der Waals surface area contributed by atoms with E-state index in [9.17, 15) is 22.0 Å². The molecule has 0 saturated heterocycles. The molecule has 0 atom stereocenters. The van der Waals surface area contributed by atoms with Crippen molar-refractivity contribution in [2.75, 3.05) is 0 Å². The highest BCUT2D eigenvalue weighted by molar-refractivity contribution is 5.78. The van der Waals surface area contributed by atoms with E-state index in [1.807, 2.05) is 6.07 Å². The summed E-state index contributed by atoms with van der Waals surface area (Å²) in [6.45, 7) is 2.15. The average molecular weight is 432 g/mol. The van der Waals surface area contributed by atoms with Gasteiger partial charge in [0.1, 0.15) is 5.82 Å². The summed E-state index contributed by atoms with van der Waals surface area (Å²) in [4.78, 5) is 0. The number of unbranched alkanes of at least 4 members (excludes halogenated alkanes) is 1. The third-order valence-electron chi connectivity index (χ3n) is 5.60. The molecule has 1 aliphatic rings. The predicted molar refractivity (Wildman–Crippen MR) is 110 cm³/mol. The Balaban J connectivity index is 1.68. The van der Waals surface area contributed by atoms with Crippen molar-refractivity contribution in [1.29, 1.82) is 0 Å². The second-order valence-corrected chi connectivity index (χ2v) is 7.78. The number of fused-ring (bicyclic) bond motifs is 3. The Bertz CT molecular complexity index is 1120. The molecule has 1 aliphatic carbocycles. The van der Waals surface area contributed by atoms with Crippen molar-refractivity contribution >= 4 is 0 Å². The summed E-state index contributed by atoms with van der Waals surface area (Å²) < 4.78 is 69.8. The normalized spacial score (nSPS) is 13.0. The first kappa shape index (κ1) is 21.3. The lowest BCUT2D eigenvalue weighted by Gasteiger charge is -2.22. The van der Waals surface area contributed by atoms with Gasteiger partial charge in [0, 0.05) is 5.56 Å². The fourth-order valence-corrected chi connectivity index (χ4v) is 4.10. The molecule has 0 fully saturated rings. The first-order valence-corrected chi connectivity index (χ1v) is 10.3. The molecule has 1 nitrogen and oxygen atoms in total. The second-order valence-electron chi connectivity index (χ2n) is 7.78. The molecule has 0 bridgehead atoms. The zero-order valence-corrected chi connectivity index (χ0v) is 17.0. The molecule has 0 saturated carbocycles. The molecule has 6 heteroatoms. The summed E-state index contributed by atoms with van der Waals surface area (Å²) in [5, 5.41) is 0. The topological polar surface area (TPSA) is 9.23 Å². The van der Waals surface area contributed by atoms with Crippen LogP contribution in [0.1, 0.15) is 36.5 Å². The quantitative estimate of drug-likeness (QED) is 0.377. The van der Waals surface area contributed by atoms with Crippen LogP contribution in [0.5, 0.6) is 5.75 Å². The van der Waals surface area contributed by atoms with E-state index in [0.717, 1.165) is 54.5 Å². The monoisotopic (exact) mass is 432 g/mol. The molecule has 0 aliphatic heterocycles. The molecule has 3 aromatic carbocycles. The van der Waals surface area contributed by atoms with Gasteiger partial charge in [0.25, 0.3) is 0 Å². The summed E-state index contributed by atoms with van der Waals surface area (Å²) in [6, 6.07) is 12.3. The molecule has 4 rings (SSSR count). The van der Waals surface area contributed by atoms with Gasteiger partial charge in [0.2, 0.25) is 0 Å². The van der Waals surface area contributed by atoms with Crippen LogP contribution in [0.3, 0.4) is 0 Å². The van der Waals surface area contributed by atoms with Crippen LogP contribution in [0.4, 0.5) is 22.0 Å². The van der Waals surface area contributed by atoms with Crippen molar-refractivity contribution in [1.82, 2.24) is 0 Å². The fraction of sp³-hybridized carbons (Fsp3) is 0.280. The molecule has 31 heavy (non-hydrogen) atoms. The standard InChI is InChI=1S/C25H21F5O/c1-2-3-4-15-5-9-19-16(11-15)6-7-17-12-21(22(26)14-20(17)19)18-8-10-24(23(27)13-18)31-25(28,29)30/h5,8-14H,2-4,6-7H2,1H3. The van der Waals surface area contributed by atoms with Crippen LogP contribution in [0.25, 0.3) is 22.3 Å². The van der Waals surface area contributed by atoms with Crippen LogP contribution in [0.15, 0.2) is 48.5 Å². The van der Waals surface area contributed by atoms with E-state index in [1.165, 1.54) is 23.3 Å². The maximum absolute atomic E-state index is 15.0. The zero-order valence-electron chi connectivity index (χ0n) is 17.0. The van der Waals surface area contributed by atoms with Gasteiger partial charge in [-0.25, -0.2) is 8.78 Å². The Labute approximate surface area is 177 Å². The van der Waals surface area contributed by atoms with Crippen molar-refractivity contribution < 1.29 is 26.7 Å². The van der Waals surface area contributed by atoms with E-state index >= 15 is 0 Å². The van der Waals surface area contributed by atoms with Crippen LogP contribution < -0.4 is 4.74 Å². The van der Waals surface area contributed by atoms with Crippen molar-refractivity contribution in [2.45, 2.75) is 45.4 Å². The van der Waals surface area contributed by atoms with Gasteiger partial charge in [0.15, 0.2) is 11.6 Å². The van der Waals surface area contributed by atoms with Crippen LogP contribution >= 0.6 is 0 Å². The van der Waals surface area contributed by atoms with E-state index in [2.05, 4.69) is 23.8 Å². The maximum atomic E-state index is 15.0. The van der Waals surface area contributed by atoms with Crippen LogP contribution in [-0.4, -0.2) is 6.36 Å². The molecule has 0 spiro atoms. The number of rotatable bonds is 5. The SMILES string of the molecule is CCCCc1ccc2c(c1)CCc1cc(-c3ccc(OC(F)(F)F)c(F)c3)c(F)cc1-2. The van der Waals surface area contributed by atoms with Crippen LogP contribution in [0, 0.1) is 11.6 Å². The van der Waals surface area contributed by atoms with E-state index in [0.29, 0.717) is 6.42 Å². The largest absolute Gasteiger partial charge is 0.573 e. The number of halogens is 5. The first-order valence-electron chi connectivity index (χ1n) is 10.3. The van der Waals surface area contributed by atoms with Crippen molar-refractivity contribution in [2.24, 2.45) is 0 Å². The van der Waals surface area contributed by atoms with E-state index < -0.39 is 23.7 Å². The van der Waals surface area contributed by atoms with Gasteiger partial charge >= 0.3 is 6.36 Å². The number of hydrogen-bond acceptors (Lipinski definition) is 1. The van der Waals surface area contributed by atoms with Gasteiger partial charge in [-0.05, 0) is 83.3 Å². The Kier molecular flexibility index (Phi) is 5.73. The Hall–Kier alpha value is -2.89. The summed E-state index contributed by atoms with van der Waals surface area (Å²) >= 11 is 0. The lowest BCUT2D eigenvalue weighted by atomic mass is 9.83. The molecule has 0 N–H and O–H groups in total. The third kappa shape index (κ3) is 4.58. The molecule has 162 valence electrons. The van der Waals surface area contributed by atoms with Gasteiger partial charge < -0.3 is 4.74 Å². The summed E-state index contributed by atoms with van der Waals surface area (Å²) in [7, 11) is 0. The van der Waals surface area contributed by atoms with Crippen LogP contribution in [0.2, 0.25) is 0 Å². The molecule has 0 aromatic heterocycles. The number of ether oxygens (including phenoxy) is 1. The number of hydrogen-bond donors (Lipinski definition) is 0. The number of benzene rings is 3. The minimum atomic E-state index is -5.00. The maximum Gasteiger partial charge on any atom is 0.573 e. The van der Waals surface area contributed by atoms with Gasteiger partial charge in [-0.3, -0.25) is 0 Å². The molecular weight excluding hydrogens is 411 g/mol. The molecule has 0 radical (unpaired) electrons. The Morgan fingerprint density at radius 1 is 0.806 bits per heavy atom. The fourth-order valence-electron chi connectivity index (χ4n) is 4.10. The van der Waals surface area contributed by atoms with Gasteiger partial charge in [-0.15, -0.1) is 13.2 Å². The van der Waals surface area contributed by atoms with E-state index in [1.54, 1.807) is 6.07 Å². The lowest BCUT2D eigenvalue weighted by Crippen LogP contribution is -2.17. The van der Waals surface area contributed by atoms with Gasteiger partial charge in [-0.1, -0.05) is 37.6 Å². The second kappa shape index (κ2) is 8.33. The highest BCUT2D eigenvalue weighted by Crippen LogP contribution is 2.39. The Morgan fingerprint density at radius 3 is 2.23 bits per heavy atom. The van der Waals surface area contributed by atoms with Crippen LogP contribution in [-0.2, 0) is 19.3 Å². The predicted octanol–water partition coefficient (Wildman–Crippen LogP) is 7.64. The average Bonchev–Trinajstić information content (AvgIpc) is 2.72. The number of aryl methyl sites for hydroxylation is 3. The number of alkyl halides is 3. The molecule has 0 unspecified atom stereocenters. The van der Waals surface area contributed by atoms with Crippen molar-refractivity contribution in [3.05, 3.63) is 76.9 Å².